The number of benzene rings is 1. The van der Waals surface area contributed by atoms with Crippen LogP contribution in [0.5, 0.6) is 0 Å². The minimum Gasteiger partial charge on any atom is -0.304 e. The normalized spacial score (nSPS) is 7.82. The molecule has 0 radical (unpaired) electrons. The average Bonchev–Trinajstić information content (AvgIpc) is 2.08. The van der Waals surface area contributed by atoms with Crippen molar-refractivity contribution in [3.05, 3.63) is 30.3 Å². The Morgan fingerprint density at radius 3 is 2.09 bits per heavy atom. The first-order valence-electron chi connectivity index (χ1n) is 3.11. The molecule has 1 aromatic rings. The molecule has 0 saturated heterocycles. The lowest BCUT2D eigenvalue weighted by molar-refractivity contribution is -0.106. The Hall–Kier alpha value is -0.410. The predicted octanol–water partition coefficient (Wildman–Crippen LogP) is 2.83. The Kier molecular flexibility index (Phi) is 7.41. The molecule has 1 nitrogen and oxygen atoms in total. The van der Waals surface area contributed by atoms with E-state index in [0.29, 0.717) is 0 Å². The van der Waals surface area contributed by atoms with E-state index in [1.807, 2.05) is 30.3 Å². The van der Waals surface area contributed by atoms with Gasteiger partial charge in [0.05, 0.1) is 0 Å². The zero-order chi connectivity index (χ0) is 8.53. The van der Waals surface area contributed by atoms with Crippen LogP contribution in [0.4, 0.5) is 0 Å². The first kappa shape index (κ1) is 10.6. The second kappa shape index (κ2) is 7.69. The fourth-order valence-corrected chi connectivity index (χ4v) is 1.13. The fourth-order valence-electron chi connectivity index (χ4n) is 0.481. The van der Waals surface area contributed by atoms with Gasteiger partial charge in [-0.15, -0.1) is 11.7 Å². The third-order valence-corrected chi connectivity index (χ3v) is 1.96. The molecule has 0 fully saturated rings. The molecule has 0 atom stereocenters. The molecular weight excluding hydrogens is 176 g/mol. The molecule has 0 aliphatic rings. The van der Waals surface area contributed by atoms with Gasteiger partial charge in [-0.3, -0.25) is 0 Å². The average molecular weight is 186 g/mol. The summed E-state index contributed by atoms with van der Waals surface area (Å²) in [5, 5.41) is 0. The van der Waals surface area contributed by atoms with Gasteiger partial charge >= 0.3 is 0 Å². The summed E-state index contributed by atoms with van der Waals surface area (Å²) in [5.74, 6) is 0. The van der Waals surface area contributed by atoms with Crippen LogP contribution in [0, 0.1) is 0 Å². The number of carbonyl (C=O) groups excluding carboxylic acids is 1. The minimum absolute atomic E-state index is 0.750. The van der Waals surface area contributed by atoms with Crippen LogP contribution in [0.25, 0.3) is 0 Å². The second-order valence-corrected chi connectivity index (χ2v) is 2.84. The van der Waals surface area contributed by atoms with Crippen molar-refractivity contribution in [3.8, 4) is 0 Å². The highest BCUT2D eigenvalue weighted by Crippen LogP contribution is 2.19. The first-order valence-corrected chi connectivity index (χ1v) is 4.98. The zero-order valence-electron chi connectivity index (χ0n) is 6.23. The summed E-state index contributed by atoms with van der Waals surface area (Å²) in [6, 6.07) is 10.0. The summed E-state index contributed by atoms with van der Waals surface area (Å²) in [6.45, 7) is 1.44. The van der Waals surface area contributed by atoms with E-state index in [9.17, 15) is 0 Å². The Labute approximate surface area is 76.0 Å². The van der Waals surface area contributed by atoms with E-state index >= 15 is 0 Å². The van der Waals surface area contributed by atoms with Gasteiger partial charge in [0, 0.05) is 4.90 Å². The maximum absolute atomic E-state index is 8.81. The summed E-state index contributed by atoms with van der Waals surface area (Å²) in [7, 11) is 1.46. The third-order valence-electron chi connectivity index (χ3n) is 0.849. The Morgan fingerprint density at radius 1 is 1.36 bits per heavy atom. The summed E-state index contributed by atoms with van der Waals surface area (Å²) in [5.41, 5.74) is 0. The molecule has 11 heavy (non-hydrogen) atoms. The summed E-state index contributed by atoms with van der Waals surface area (Å²) in [4.78, 5) is 10.00. The molecule has 0 unspecified atom stereocenters. The van der Waals surface area contributed by atoms with Gasteiger partial charge in [-0.2, -0.15) is 0 Å². The molecule has 0 heterocycles. The molecule has 1 rings (SSSR count). The molecule has 3 heteroatoms. The molecule has 0 N–H and O–H groups in total. The van der Waals surface area contributed by atoms with Crippen molar-refractivity contribution in [2.75, 3.05) is 0 Å². The molecule has 0 amide bonds. The highest BCUT2D eigenvalue weighted by atomic mass is 33.1. The Balaban J connectivity index is 0.000000292. The van der Waals surface area contributed by atoms with Crippen molar-refractivity contribution in [1.82, 2.24) is 0 Å². The van der Waals surface area contributed by atoms with Crippen molar-refractivity contribution < 1.29 is 4.79 Å². The number of thiol groups is 1. The molecule has 1 aromatic carbocycles. The largest absolute Gasteiger partial charge is 0.304 e. The molecule has 0 aliphatic heterocycles. The molecule has 60 valence electrons. The van der Waals surface area contributed by atoms with Gasteiger partial charge in [0.25, 0.3) is 0 Å². The second-order valence-electron chi connectivity index (χ2n) is 1.64. The van der Waals surface area contributed by atoms with E-state index in [1.165, 1.54) is 22.6 Å². The molecule has 0 bridgehead atoms. The first-order chi connectivity index (χ1) is 5.35. The third kappa shape index (κ3) is 6.01. The number of carbonyl (C=O) groups is 1. The Bertz CT molecular complexity index is 187. The van der Waals surface area contributed by atoms with E-state index in [1.54, 1.807) is 0 Å². The maximum atomic E-state index is 8.81. The topological polar surface area (TPSA) is 17.1 Å². The van der Waals surface area contributed by atoms with Crippen molar-refractivity contribution in [2.45, 2.75) is 11.8 Å². The minimum atomic E-state index is 0.750. The summed E-state index contributed by atoms with van der Waals surface area (Å²) in [6.07, 6.45) is 0.750. The smallest absolute Gasteiger partial charge is 0.116 e. The van der Waals surface area contributed by atoms with Gasteiger partial charge in [0.15, 0.2) is 0 Å². The lowest BCUT2D eigenvalue weighted by atomic mass is 10.4. The zero-order valence-corrected chi connectivity index (χ0v) is 7.94. The van der Waals surface area contributed by atoms with Crippen LogP contribution in [0.3, 0.4) is 0 Å². The lowest BCUT2D eigenvalue weighted by Gasteiger charge is -1.88. The molecule has 0 spiro atoms. The fraction of sp³-hybridized carbons (Fsp3) is 0.125. The van der Waals surface area contributed by atoms with E-state index in [2.05, 4.69) is 11.7 Å². The van der Waals surface area contributed by atoms with Crippen molar-refractivity contribution in [2.24, 2.45) is 0 Å². The van der Waals surface area contributed by atoms with Crippen LogP contribution < -0.4 is 0 Å². The van der Waals surface area contributed by atoms with Crippen LogP contribution in [-0.2, 0) is 4.79 Å². The van der Waals surface area contributed by atoms with Gasteiger partial charge in [-0.25, -0.2) is 0 Å². The van der Waals surface area contributed by atoms with E-state index < -0.39 is 0 Å². The SMILES string of the molecule is CC=O.SSc1ccccc1. The van der Waals surface area contributed by atoms with Crippen LogP contribution >= 0.6 is 22.5 Å². The Morgan fingerprint density at radius 2 is 1.82 bits per heavy atom. The molecule has 0 aliphatic carbocycles. The van der Waals surface area contributed by atoms with E-state index in [0.717, 1.165) is 6.29 Å². The lowest BCUT2D eigenvalue weighted by Crippen LogP contribution is -1.60. The van der Waals surface area contributed by atoms with E-state index in [4.69, 9.17) is 4.79 Å². The maximum Gasteiger partial charge on any atom is 0.116 e. The number of rotatable bonds is 1. The van der Waals surface area contributed by atoms with Crippen LogP contribution in [-0.4, -0.2) is 6.29 Å². The van der Waals surface area contributed by atoms with Gasteiger partial charge < -0.3 is 4.79 Å². The summed E-state index contributed by atoms with van der Waals surface area (Å²) < 4.78 is 0. The quantitative estimate of drug-likeness (QED) is 0.412. The van der Waals surface area contributed by atoms with Gasteiger partial charge in [-0.05, 0) is 19.1 Å². The van der Waals surface area contributed by atoms with Gasteiger partial charge in [-0.1, -0.05) is 29.0 Å². The van der Waals surface area contributed by atoms with Crippen LogP contribution in [0.2, 0.25) is 0 Å². The molecular formula is C8H10OS2. The molecule has 0 aromatic heterocycles. The highest BCUT2D eigenvalue weighted by Gasteiger charge is 1.81. The number of hydrogen-bond acceptors (Lipinski definition) is 3. The highest BCUT2D eigenvalue weighted by molar-refractivity contribution is 8.68. The van der Waals surface area contributed by atoms with Gasteiger partial charge in [0.1, 0.15) is 6.29 Å². The van der Waals surface area contributed by atoms with Crippen molar-refractivity contribution in [3.63, 3.8) is 0 Å². The van der Waals surface area contributed by atoms with Crippen LogP contribution in [0.1, 0.15) is 6.92 Å². The van der Waals surface area contributed by atoms with Crippen molar-refractivity contribution >= 4 is 28.7 Å². The van der Waals surface area contributed by atoms with Crippen LogP contribution in [0.15, 0.2) is 35.2 Å². The van der Waals surface area contributed by atoms with E-state index in [-0.39, 0.29) is 0 Å². The standard InChI is InChI=1S/C6H6S2.C2H4O/c7-8-6-4-2-1-3-5-6;1-2-3/h1-5,7H;2H,1H3. The number of aldehydes is 1. The van der Waals surface area contributed by atoms with Crippen molar-refractivity contribution in [1.29, 1.82) is 0 Å². The summed E-state index contributed by atoms with van der Waals surface area (Å²) >= 11 is 4.03. The molecule has 0 saturated carbocycles. The number of hydrogen-bond donors (Lipinski definition) is 1. The van der Waals surface area contributed by atoms with Gasteiger partial charge in [0.2, 0.25) is 0 Å². The predicted molar refractivity (Wildman–Crippen MR) is 53.0 cm³/mol. The monoisotopic (exact) mass is 186 g/mol.